The fourth-order valence-electron chi connectivity index (χ4n) is 2.66. The molecule has 1 unspecified atom stereocenters. The molecular formula is C19H16O3. The molecule has 0 fully saturated rings. The minimum Gasteiger partial charge on any atom is -0.507 e. The van der Waals surface area contributed by atoms with Gasteiger partial charge in [0.2, 0.25) is 0 Å². The third-order valence-electron chi connectivity index (χ3n) is 3.85. The van der Waals surface area contributed by atoms with Gasteiger partial charge in [-0.1, -0.05) is 66.7 Å². The molecule has 0 aromatic heterocycles. The normalized spacial score (nSPS) is 20.8. The van der Waals surface area contributed by atoms with Gasteiger partial charge >= 0.3 is 0 Å². The Morgan fingerprint density at radius 2 is 1.68 bits per heavy atom. The number of fused-ring (bicyclic) bond motifs is 1. The number of ketones is 1. The van der Waals surface area contributed by atoms with Crippen molar-refractivity contribution in [2.24, 2.45) is 0 Å². The minimum absolute atomic E-state index is 0.0997. The van der Waals surface area contributed by atoms with Gasteiger partial charge in [0.05, 0.1) is 0 Å². The minimum atomic E-state index is -1.63. The smallest absolute Gasteiger partial charge is 0.195 e. The lowest BCUT2D eigenvalue weighted by molar-refractivity contribution is -0.133. The Bertz CT molecular complexity index is 759. The highest BCUT2D eigenvalue weighted by Crippen LogP contribution is 2.37. The van der Waals surface area contributed by atoms with Gasteiger partial charge < -0.3 is 10.2 Å². The zero-order valence-electron chi connectivity index (χ0n) is 11.9. The molecule has 2 aromatic carbocycles. The average molecular weight is 292 g/mol. The number of aliphatic hydroxyl groups excluding tert-OH is 1. The highest BCUT2D eigenvalue weighted by molar-refractivity contribution is 6.05. The molecule has 1 aliphatic rings. The molecular weight excluding hydrogens is 276 g/mol. The molecule has 0 saturated heterocycles. The van der Waals surface area contributed by atoms with Gasteiger partial charge in [-0.05, 0) is 5.56 Å². The monoisotopic (exact) mass is 292 g/mol. The maximum absolute atomic E-state index is 12.2. The van der Waals surface area contributed by atoms with Crippen molar-refractivity contribution in [3.63, 3.8) is 0 Å². The van der Waals surface area contributed by atoms with E-state index in [1.54, 1.807) is 30.3 Å². The molecule has 0 heterocycles. The van der Waals surface area contributed by atoms with Gasteiger partial charge in [0.1, 0.15) is 5.76 Å². The summed E-state index contributed by atoms with van der Waals surface area (Å²) in [5.74, 6) is -0.598. The maximum Gasteiger partial charge on any atom is 0.195 e. The Labute approximate surface area is 128 Å². The standard InChI is InChI=1S/C19H16O3/c20-17-13-18(21)19(22,16-11-5-4-10-15(16)17)12-6-9-14-7-2-1-3-8-14/h1-11,13,20,22H,12H2. The van der Waals surface area contributed by atoms with Crippen LogP contribution >= 0.6 is 0 Å². The third-order valence-corrected chi connectivity index (χ3v) is 3.85. The van der Waals surface area contributed by atoms with Crippen LogP contribution in [0.5, 0.6) is 0 Å². The second-order valence-corrected chi connectivity index (χ2v) is 5.32. The van der Waals surface area contributed by atoms with E-state index in [1.807, 2.05) is 36.4 Å². The molecule has 2 N–H and O–H groups in total. The molecule has 22 heavy (non-hydrogen) atoms. The van der Waals surface area contributed by atoms with Crippen molar-refractivity contribution in [3.05, 3.63) is 83.4 Å². The van der Waals surface area contributed by atoms with E-state index < -0.39 is 11.4 Å². The maximum atomic E-state index is 12.2. The Balaban J connectivity index is 1.92. The van der Waals surface area contributed by atoms with Gasteiger partial charge in [-0.15, -0.1) is 0 Å². The summed E-state index contributed by atoms with van der Waals surface area (Å²) < 4.78 is 0. The zero-order chi connectivity index (χ0) is 15.6. The van der Waals surface area contributed by atoms with Crippen molar-refractivity contribution >= 4 is 17.6 Å². The SMILES string of the molecule is O=C1C=C(O)c2ccccc2C1(O)CC=Cc1ccccc1. The Morgan fingerprint density at radius 1 is 1.00 bits per heavy atom. The second-order valence-electron chi connectivity index (χ2n) is 5.32. The molecule has 1 aliphatic carbocycles. The number of hydrogen-bond donors (Lipinski definition) is 2. The largest absolute Gasteiger partial charge is 0.507 e. The van der Waals surface area contributed by atoms with Crippen LogP contribution in [-0.4, -0.2) is 16.0 Å². The van der Waals surface area contributed by atoms with E-state index in [2.05, 4.69) is 0 Å². The predicted molar refractivity (Wildman–Crippen MR) is 86.0 cm³/mol. The third kappa shape index (κ3) is 2.47. The number of carbonyl (C=O) groups excluding carboxylic acids is 1. The Morgan fingerprint density at radius 3 is 2.45 bits per heavy atom. The van der Waals surface area contributed by atoms with Crippen LogP contribution in [0.25, 0.3) is 11.8 Å². The van der Waals surface area contributed by atoms with E-state index in [0.717, 1.165) is 11.6 Å². The predicted octanol–water partition coefficient (Wildman–Crippen LogP) is 3.46. The average Bonchev–Trinajstić information content (AvgIpc) is 2.54. The first kappa shape index (κ1) is 14.3. The first-order valence-electron chi connectivity index (χ1n) is 7.10. The summed E-state index contributed by atoms with van der Waals surface area (Å²) in [4.78, 5) is 12.2. The lowest BCUT2D eigenvalue weighted by Gasteiger charge is -2.30. The number of hydrogen-bond acceptors (Lipinski definition) is 3. The van der Waals surface area contributed by atoms with Crippen molar-refractivity contribution in [2.75, 3.05) is 0 Å². The summed E-state index contributed by atoms with van der Waals surface area (Å²) >= 11 is 0. The fraction of sp³-hybridized carbons (Fsp3) is 0.105. The van der Waals surface area contributed by atoms with E-state index in [0.29, 0.717) is 11.1 Å². The van der Waals surface area contributed by atoms with Crippen LogP contribution in [-0.2, 0) is 10.4 Å². The summed E-state index contributed by atoms with van der Waals surface area (Å²) in [7, 11) is 0. The summed E-state index contributed by atoms with van der Waals surface area (Å²) in [6.45, 7) is 0. The highest BCUT2D eigenvalue weighted by atomic mass is 16.3. The molecule has 0 bridgehead atoms. The molecule has 1 atom stereocenters. The van der Waals surface area contributed by atoms with E-state index >= 15 is 0 Å². The number of rotatable bonds is 3. The van der Waals surface area contributed by atoms with Gasteiger partial charge in [0.25, 0.3) is 0 Å². The Hall–Kier alpha value is -2.65. The number of carbonyl (C=O) groups is 1. The summed E-state index contributed by atoms with van der Waals surface area (Å²) in [6, 6.07) is 16.6. The molecule has 2 aromatic rings. The van der Waals surface area contributed by atoms with E-state index in [-0.39, 0.29) is 12.2 Å². The van der Waals surface area contributed by atoms with Gasteiger partial charge in [-0.3, -0.25) is 4.79 Å². The lowest BCUT2D eigenvalue weighted by Crippen LogP contribution is -2.37. The van der Waals surface area contributed by atoms with Crippen LogP contribution < -0.4 is 0 Å². The molecule has 0 radical (unpaired) electrons. The van der Waals surface area contributed by atoms with Gasteiger partial charge in [0, 0.05) is 23.6 Å². The zero-order valence-corrected chi connectivity index (χ0v) is 11.9. The van der Waals surface area contributed by atoms with E-state index in [9.17, 15) is 15.0 Å². The van der Waals surface area contributed by atoms with Crippen LogP contribution in [0.15, 0.2) is 66.7 Å². The molecule has 3 nitrogen and oxygen atoms in total. The molecule has 0 aliphatic heterocycles. The van der Waals surface area contributed by atoms with Crippen LogP contribution in [0.3, 0.4) is 0 Å². The molecule has 0 amide bonds. The topological polar surface area (TPSA) is 57.5 Å². The first-order chi connectivity index (χ1) is 10.6. The Kier molecular flexibility index (Phi) is 3.65. The van der Waals surface area contributed by atoms with E-state index in [1.165, 1.54) is 0 Å². The van der Waals surface area contributed by atoms with Crippen molar-refractivity contribution in [1.29, 1.82) is 0 Å². The van der Waals surface area contributed by atoms with Crippen molar-refractivity contribution < 1.29 is 15.0 Å². The summed E-state index contributed by atoms with van der Waals surface area (Å²) in [6.07, 6.45) is 4.90. The molecule has 0 spiro atoms. The second kappa shape index (κ2) is 5.62. The van der Waals surface area contributed by atoms with Crippen LogP contribution in [0.1, 0.15) is 23.1 Å². The summed E-state index contributed by atoms with van der Waals surface area (Å²) in [5, 5.41) is 20.7. The van der Waals surface area contributed by atoms with E-state index in [4.69, 9.17) is 0 Å². The van der Waals surface area contributed by atoms with Crippen molar-refractivity contribution in [3.8, 4) is 0 Å². The van der Waals surface area contributed by atoms with Crippen molar-refractivity contribution in [2.45, 2.75) is 12.0 Å². The fourth-order valence-corrected chi connectivity index (χ4v) is 2.66. The van der Waals surface area contributed by atoms with Crippen molar-refractivity contribution in [1.82, 2.24) is 0 Å². The lowest BCUT2D eigenvalue weighted by atomic mass is 9.79. The molecule has 0 saturated carbocycles. The molecule has 110 valence electrons. The quantitative estimate of drug-likeness (QED) is 0.911. The summed E-state index contributed by atoms with van der Waals surface area (Å²) in [5.41, 5.74) is 0.310. The van der Waals surface area contributed by atoms with Crippen LogP contribution in [0, 0.1) is 0 Å². The first-order valence-corrected chi connectivity index (χ1v) is 7.10. The molecule has 3 rings (SSSR count). The van der Waals surface area contributed by atoms with Gasteiger partial charge in [0.15, 0.2) is 11.4 Å². The number of benzene rings is 2. The van der Waals surface area contributed by atoms with Crippen LogP contribution in [0.4, 0.5) is 0 Å². The van der Waals surface area contributed by atoms with Gasteiger partial charge in [-0.2, -0.15) is 0 Å². The number of aliphatic hydroxyl groups is 2. The van der Waals surface area contributed by atoms with Crippen LogP contribution in [0.2, 0.25) is 0 Å². The van der Waals surface area contributed by atoms with Gasteiger partial charge in [-0.25, -0.2) is 0 Å². The molecule has 3 heteroatoms. The highest BCUT2D eigenvalue weighted by Gasteiger charge is 2.40.